The number of aromatic nitrogens is 2. The van der Waals surface area contributed by atoms with E-state index in [4.69, 9.17) is 0 Å². The maximum absolute atomic E-state index is 11.3. The number of hydrogen-bond donors (Lipinski definition) is 2. The van der Waals surface area contributed by atoms with Gasteiger partial charge in [0.15, 0.2) is 0 Å². The van der Waals surface area contributed by atoms with E-state index in [9.17, 15) is 9.90 Å². The van der Waals surface area contributed by atoms with Gasteiger partial charge < -0.3 is 10.1 Å². The fourth-order valence-corrected chi connectivity index (χ4v) is 2.82. The number of hydrogen-bond acceptors (Lipinski definition) is 2. The maximum atomic E-state index is 11.3. The molecule has 1 unspecified atom stereocenters. The Labute approximate surface area is 128 Å². The first kappa shape index (κ1) is 14.3. The van der Waals surface area contributed by atoms with E-state index >= 15 is 0 Å². The normalized spacial score (nSPS) is 12.4. The number of H-pyrrole nitrogens is 1. The Morgan fingerprint density at radius 1 is 1.18 bits per heavy atom. The number of aromatic amines is 1. The summed E-state index contributed by atoms with van der Waals surface area (Å²) in [5.74, 6) is 0.0346. The zero-order chi connectivity index (χ0) is 15.5. The van der Waals surface area contributed by atoms with E-state index < -0.39 is 5.97 Å². The van der Waals surface area contributed by atoms with Gasteiger partial charge in [-0.15, -0.1) is 0 Å². The van der Waals surface area contributed by atoms with Crippen molar-refractivity contribution in [3.05, 3.63) is 65.5 Å². The summed E-state index contributed by atoms with van der Waals surface area (Å²) >= 11 is 0. The molecule has 1 heterocycles. The fourth-order valence-electron chi connectivity index (χ4n) is 2.82. The highest BCUT2D eigenvalue weighted by atomic mass is 16.4. The molecule has 0 aliphatic carbocycles. The molecule has 0 amide bonds. The summed E-state index contributed by atoms with van der Waals surface area (Å²) in [6, 6.07) is 15.4. The predicted molar refractivity (Wildman–Crippen MR) is 86.2 cm³/mol. The summed E-state index contributed by atoms with van der Waals surface area (Å²) < 4.78 is 0. The van der Waals surface area contributed by atoms with E-state index in [2.05, 4.69) is 29.0 Å². The summed E-state index contributed by atoms with van der Waals surface area (Å²) in [5.41, 5.74) is 2.73. The lowest BCUT2D eigenvalue weighted by molar-refractivity contribution is 0.0699. The molecule has 0 saturated carbocycles. The van der Waals surface area contributed by atoms with Crippen LogP contribution in [-0.4, -0.2) is 21.0 Å². The molecule has 0 aliphatic rings. The summed E-state index contributed by atoms with van der Waals surface area (Å²) in [6.45, 7) is 2.14. The van der Waals surface area contributed by atoms with Crippen LogP contribution < -0.4 is 0 Å². The number of nitrogens with zero attached hydrogens (tertiary/aromatic N) is 1. The molecular formula is C18H18N2O2. The number of para-hydroxylation sites is 1. The van der Waals surface area contributed by atoms with Crippen molar-refractivity contribution in [2.45, 2.75) is 25.7 Å². The average molecular weight is 294 g/mol. The van der Waals surface area contributed by atoms with Gasteiger partial charge in [0.2, 0.25) is 0 Å². The van der Waals surface area contributed by atoms with E-state index in [0.29, 0.717) is 5.52 Å². The van der Waals surface area contributed by atoms with Crippen LogP contribution in [0.4, 0.5) is 0 Å². The molecule has 2 aromatic carbocycles. The topological polar surface area (TPSA) is 66.0 Å². The summed E-state index contributed by atoms with van der Waals surface area (Å²) in [5, 5.41) is 9.30. The van der Waals surface area contributed by atoms with Gasteiger partial charge in [0.25, 0.3) is 0 Å². The molecule has 3 aromatic rings. The third-order valence-corrected chi connectivity index (χ3v) is 3.87. The molecule has 4 nitrogen and oxygen atoms in total. The first-order valence-electron chi connectivity index (χ1n) is 7.47. The number of imidazole rings is 1. The molecule has 22 heavy (non-hydrogen) atoms. The van der Waals surface area contributed by atoms with Crippen LogP contribution >= 0.6 is 0 Å². The largest absolute Gasteiger partial charge is 0.478 e. The number of fused-ring (bicyclic) bond motifs is 1. The smallest absolute Gasteiger partial charge is 0.337 e. The summed E-state index contributed by atoms with van der Waals surface area (Å²) in [7, 11) is 0. The minimum atomic E-state index is -0.949. The second-order valence-corrected chi connectivity index (χ2v) is 5.38. The van der Waals surface area contributed by atoms with Crippen LogP contribution in [0.2, 0.25) is 0 Å². The van der Waals surface area contributed by atoms with Crippen molar-refractivity contribution < 1.29 is 9.90 Å². The van der Waals surface area contributed by atoms with Crippen molar-refractivity contribution in [3.63, 3.8) is 0 Å². The van der Waals surface area contributed by atoms with E-state index in [0.717, 1.165) is 24.2 Å². The van der Waals surface area contributed by atoms with Gasteiger partial charge >= 0.3 is 5.97 Å². The molecule has 3 rings (SSSR count). The third-order valence-electron chi connectivity index (χ3n) is 3.87. The third kappa shape index (κ3) is 2.60. The van der Waals surface area contributed by atoms with Crippen molar-refractivity contribution in [1.82, 2.24) is 9.97 Å². The Kier molecular flexibility index (Phi) is 3.92. The quantitative estimate of drug-likeness (QED) is 0.741. The monoisotopic (exact) mass is 294 g/mol. The lowest BCUT2D eigenvalue weighted by atomic mass is 9.94. The van der Waals surface area contributed by atoms with Gasteiger partial charge in [-0.2, -0.15) is 0 Å². The number of rotatable bonds is 5. The van der Waals surface area contributed by atoms with Gasteiger partial charge in [0.05, 0.1) is 11.1 Å². The highest BCUT2D eigenvalue weighted by molar-refractivity contribution is 6.00. The van der Waals surface area contributed by atoms with Crippen molar-refractivity contribution in [3.8, 4) is 0 Å². The predicted octanol–water partition coefficient (Wildman–Crippen LogP) is 4.19. The van der Waals surface area contributed by atoms with Gasteiger partial charge in [0.1, 0.15) is 11.3 Å². The van der Waals surface area contributed by atoms with Gasteiger partial charge in [-0.1, -0.05) is 49.7 Å². The van der Waals surface area contributed by atoms with Crippen molar-refractivity contribution in [2.24, 2.45) is 0 Å². The molecule has 2 N–H and O–H groups in total. The molecule has 112 valence electrons. The Morgan fingerprint density at radius 3 is 2.64 bits per heavy atom. The Morgan fingerprint density at radius 2 is 1.95 bits per heavy atom. The van der Waals surface area contributed by atoms with Gasteiger partial charge in [0, 0.05) is 5.92 Å². The Balaban J connectivity index is 2.11. The number of carboxylic acids is 1. The van der Waals surface area contributed by atoms with Gasteiger partial charge in [-0.3, -0.25) is 0 Å². The van der Waals surface area contributed by atoms with E-state index in [1.54, 1.807) is 12.1 Å². The number of nitrogens with one attached hydrogen (secondary N) is 1. The first-order chi connectivity index (χ1) is 10.7. The lowest BCUT2D eigenvalue weighted by Crippen LogP contribution is -2.03. The Bertz CT molecular complexity index is 793. The van der Waals surface area contributed by atoms with E-state index in [1.807, 2.05) is 24.3 Å². The molecule has 1 atom stereocenters. The zero-order valence-electron chi connectivity index (χ0n) is 12.4. The van der Waals surface area contributed by atoms with E-state index in [-0.39, 0.29) is 11.5 Å². The van der Waals surface area contributed by atoms with Crippen LogP contribution in [0.25, 0.3) is 11.0 Å². The first-order valence-corrected chi connectivity index (χ1v) is 7.47. The van der Waals surface area contributed by atoms with Gasteiger partial charge in [-0.25, -0.2) is 9.78 Å². The van der Waals surface area contributed by atoms with Crippen LogP contribution in [0.3, 0.4) is 0 Å². The van der Waals surface area contributed by atoms with Crippen LogP contribution in [0, 0.1) is 0 Å². The maximum Gasteiger partial charge on any atom is 0.337 e. The SMILES string of the molecule is CCCC(c1ccccc1)c1nc2c(C(=O)O)cccc2[nH]1. The number of aromatic carboxylic acids is 1. The molecule has 0 aliphatic heterocycles. The number of carboxylic acid groups (broad SMARTS) is 1. The molecule has 0 radical (unpaired) electrons. The molecular weight excluding hydrogens is 276 g/mol. The van der Waals surface area contributed by atoms with Gasteiger partial charge in [-0.05, 0) is 24.1 Å². The van der Waals surface area contributed by atoms with Crippen molar-refractivity contribution >= 4 is 17.0 Å². The van der Waals surface area contributed by atoms with Crippen molar-refractivity contribution in [1.29, 1.82) is 0 Å². The molecule has 4 heteroatoms. The Hall–Kier alpha value is -2.62. The fraction of sp³-hybridized carbons (Fsp3) is 0.222. The van der Waals surface area contributed by atoms with Crippen LogP contribution in [0.5, 0.6) is 0 Å². The second-order valence-electron chi connectivity index (χ2n) is 5.38. The highest BCUT2D eigenvalue weighted by Gasteiger charge is 2.19. The average Bonchev–Trinajstić information content (AvgIpc) is 2.96. The van der Waals surface area contributed by atoms with Crippen LogP contribution in [0.15, 0.2) is 48.5 Å². The van der Waals surface area contributed by atoms with E-state index in [1.165, 1.54) is 5.56 Å². The summed E-state index contributed by atoms with van der Waals surface area (Å²) in [4.78, 5) is 19.2. The molecule has 0 fully saturated rings. The number of carbonyl (C=O) groups is 1. The zero-order valence-corrected chi connectivity index (χ0v) is 12.4. The van der Waals surface area contributed by atoms with Crippen molar-refractivity contribution in [2.75, 3.05) is 0 Å². The van der Waals surface area contributed by atoms with Crippen LogP contribution in [0.1, 0.15) is 47.4 Å². The molecule has 0 bridgehead atoms. The lowest BCUT2D eigenvalue weighted by Gasteiger charge is -2.13. The van der Waals surface area contributed by atoms with Crippen LogP contribution in [-0.2, 0) is 0 Å². The molecule has 1 aromatic heterocycles. The minimum absolute atomic E-state index is 0.153. The second kappa shape index (κ2) is 6.02. The highest BCUT2D eigenvalue weighted by Crippen LogP contribution is 2.29. The minimum Gasteiger partial charge on any atom is -0.478 e. The standard InChI is InChI=1S/C18H18N2O2/c1-2-7-13(12-8-4-3-5-9-12)17-19-15-11-6-10-14(18(21)22)16(15)20-17/h3-6,8-11,13H,2,7H2,1H3,(H,19,20)(H,21,22). The molecule has 0 spiro atoms. The number of benzene rings is 2. The molecule has 0 saturated heterocycles. The summed E-state index contributed by atoms with van der Waals surface area (Å²) in [6.07, 6.45) is 1.99.